The number of fused-ring (bicyclic) bond motifs is 4. The van der Waals surface area contributed by atoms with Gasteiger partial charge in [0.25, 0.3) is 11.8 Å². The van der Waals surface area contributed by atoms with Gasteiger partial charge >= 0.3 is 12.2 Å². The number of carbonyl (C=O) groups is 4. The predicted octanol–water partition coefficient (Wildman–Crippen LogP) is 8.87. The summed E-state index contributed by atoms with van der Waals surface area (Å²) in [6.45, 7) is 8.06. The van der Waals surface area contributed by atoms with Crippen LogP contribution in [0, 0.1) is 0 Å². The van der Waals surface area contributed by atoms with Crippen molar-refractivity contribution in [3.05, 3.63) is 203 Å². The van der Waals surface area contributed by atoms with Crippen LogP contribution in [0.3, 0.4) is 0 Å². The largest absolute Gasteiger partial charge is 0.493 e. The highest BCUT2D eigenvalue weighted by molar-refractivity contribution is 6.06. The van der Waals surface area contributed by atoms with Crippen LogP contribution < -0.4 is 29.2 Å². The Morgan fingerprint density at radius 2 is 1.22 bits per heavy atom. The van der Waals surface area contributed by atoms with Gasteiger partial charge in [0.15, 0.2) is 29.2 Å². The zero-order valence-electron chi connectivity index (χ0n) is 41.2. The van der Waals surface area contributed by atoms with E-state index in [1.807, 2.05) is 109 Å². The standard InChI is InChI=1S/C29H28N2O6.C29H30N2O6/c1-3-13-36-29(34)31-23-16-26(37-18-19-9-5-4-6-10-19)25(35-2)15-22(23)27(32)30-17-21-12-8-7-11-20(21)14-24(30)28(31)33;1-3-13-36-29(34)30-25-16-27(37-19-20-9-5-4-6-10-20)26(35-2)15-24(25)28(33)31-17-22-12-8-7-11-21(22)14-23(31)18-32/h3-12,15-16,24,28,33H,1,13-14,17-18H2,2H3;3-12,15-16,23,32H,1,13-14,17-19H2,2H3,(H,30,34)/t24-,28?;23-/m00/s1. The molecule has 0 aromatic heterocycles. The molecule has 0 saturated heterocycles. The van der Waals surface area contributed by atoms with Crippen molar-refractivity contribution in [1.82, 2.24) is 9.80 Å². The normalized spacial score (nSPS) is 16.2. The van der Waals surface area contributed by atoms with Gasteiger partial charge in [-0.2, -0.15) is 0 Å². The van der Waals surface area contributed by atoms with Crippen molar-refractivity contribution in [3.8, 4) is 23.0 Å². The van der Waals surface area contributed by atoms with Gasteiger partial charge in [-0.3, -0.25) is 14.9 Å². The molecule has 0 fully saturated rings. The predicted molar refractivity (Wildman–Crippen MR) is 277 cm³/mol. The summed E-state index contributed by atoms with van der Waals surface area (Å²) in [5.41, 5.74) is 6.80. The highest BCUT2D eigenvalue weighted by Gasteiger charge is 2.45. The number of rotatable bonds is 15. The van der Waals surface area contributed by atoms with Crippen LogP contribution in [0.25, 0.3) is 0 Å². The van der Waals surface area contributed by atoms with E-state index in [4.69, 9.17) is 28.4 Å². The number of nitrogens with one attached hydrogen (secondary N) is 1. The number of ether oxygens (including phenoxy) is 6. The summed E-state index contributed by atoms with van der Waals surface area (Å²) in [4.78, 5) is 57.8. The molecule has 16 heteroatoms. The van der Waals surface area contributed by atoms with Gasteiger partial charge in [-0.1, -0.05) is 135 Å². The van der Waals surface area contributed by atoms with Gasteiger partial charge in [0.2, 0.25) is 0 Å². The minimum Gasteiger partial charge on any atom is -0.493 e. The van der Waals surface area contributed by atoms with Gasteiger partial charge in [-0.15, -0.1) is 0 Å². The summed E-state index contributed by atoms with van der Waals surface area (Å²) in [5.74, 6) is 0.676. The third-order valence-electron chi connectivity index (χ3n) is 12.9. The van der Waals surface area contributed by atoms with Crippen molar-refractivity contribution in [1.29, 1.82) is 0 Å². The molecule has 3 heterocycles. The van der Waals surface area contributed by atoms with E-state index in [9.17, 15) is 29.4 Å². The molecular formula is C58H58N4O12. The molecular weight excluding hydrogens is 945 g/mol. The molecule has 6 aromatic carbocycles. The van der Waals surface area contributed by atoms with E-state index in [2.05, 4.69) is 18.5 Å². The average molecular weight is 1000 g/mol. The lowest BCUT2D eigenvalue weighted by Crippen LogP contribution is -2.55. The maximum absolute atomic E-state index is 13.9. The first-order valence-corrected chi connectivity index (χ1v) is 24.0. The molecule has 0 aliphatic carbocycles. The lowest BCUT2D eigenvalue weighted by Gasteiger charge is -2.39. The molecule has 4 amide bonds. The van der Waals surface area contributed by atoms with Crippen LogP contribution in [0.2, 0.25) is 0 Å². The number of hydrogen-bond donors (Lipinski definition) is 3. The van der Waals surface area contributed by atoms with Gasteiger partial charge in [-0.25, -0.2) is 14.5 Å². The summed E-state index contributed by atoms with van der Waals surface area (Å²) < 4.78 is 33.6. The molecule has 3 atom stereocenters. The third-order valence-corrected chi connectivity index (χ3v) is 12.9. The monoisotopic (exact) mass is 1000 g/mol. The number of benzene rings is 6. The third kappa shape index (κ3) is 11.7. The van der Waals surface area contributed by atoms with E-state index < -0.39 is 30.5 Å². The quantitative estimate of drug-likeness (QED) is 0.0832. The number of amides is 4. The minimum absolute atomic E-state index is 0.0120. The van der Waals surface area contributed by atoms with Crippen LogP contribution in [0.1, 0.15) is 54.1 Å². The lowest BCUT2D eigenvalue weighted by atomic mass is 9.93. The smallest absolute Gasteiger partial charge is 0.416 e. The molecule has 0 spiro atoms. The van der Waals surface area contributed by atoms with Crippen LogP contribution in [-0.2, 0) is 48.6 Å². The SMILES string of the molecule is C=CCOC(=O)N1c2cc(OCc3ccccc3)c(OC)cc2C(=O)N2Cc3ccccc3C[C@H]2C1O.C=CCOC(=O)Nc1cc(OCc2ccccc2)c(OC)cc1C(=O)N1Cc2ccccc2C[C@H]1CO. The Hall–Kier alpha value is -8.60. The molecule has 74 heavy (non-hydrogen) atoms. The zero-order chi connectivity index (χ0) is 52.1. The maximum atomic E-state index is 13.9. The van der Waals surface area contributed by atoms with Crippen LogP contribution in [0.4, 0.5) is 21.0 Å². The molecule has 9 rings (SSSR count). The molecule has 382 valence electrons. The highest BCUT2D eigenvalue weighted by Crippen LogP contribution is 2.42. The fourth-order valence-corrected chi connectivity index (χ4v) is 9.11. The second kappa shape index (κ2) is 24.2. The maximum Gasteiger partial charge on any atom is 0.416 e. The second-order valence-electron chi connectivity index (χ2n) is 17.5. The first-order valence-electron chi connectivity index (χ1n) is 24.0. The number of anilines is 2. The average Bonchev–Trinajstić information content (AvgIpc) is 3.52. The van der Waals surface area contributed by atoms with E-state index in [0.717, 1.165) is 38.3 Å². The van der Waals surface area contributed by atoms with Crippen molar-refractivity contribution in [2.24, 2.45) is 0 Å². The van der Waals surface area contributed by atoms with Crippen LogP contribution in [0.15, 0.2) is 159 Å². The number of carbonyl (C=O) groups excluding carboxylic acids is 4. The van der Waals surface area contributed by atoms with E-state index >= 15 is 0 Å². The van der Waals surface area contributed by atoms with E-state index in [1.165, 1.54) is 26.4 Å². The summed E-state index contributed by atoms with van der Waals surface area (Å²) in [5, 5.41) is 24.3. The van der Waals surface area contributed by atoms with Gasteiger partial charge < -0.3 is 48.4 Å². The summed E-state index contributed by atoms with van der Waals surface area (Å²) >= 11 is 0. The molecule has 0 saturated carbocycles. The van der Waals surface area contributed by atoms with Crippen LogP contribution in [0.5, 0.6) is 23.0 Å². The molecule has 0 radical (unpaired) electrons. The number of aliphatic hydroxyl groups is 2. The van der Waals surface area contributed by atoms with Crippen molar-refractivity contribution in [2.45, 2.75) is 57.5 Å². The number of aliphatic hydroxyl groups excluding tert-OH is 2. The topological polar surface area (TPSA) is 186 Å². The summed E-state index contributed by atoms with van der Waals surface area (Å²) in [7, 11) is 2.97. The first-order chi connectivity index (χ1) is 36.0. The van der Waals surface area contributed by atoms with Gasteiger partial charge in [0, 0.05) is 25.2 Å². The summed E-state index contributed by atoms with van der Waals surface area (Å²) in [6, 6.07) is 39.9. The molecule has 3 aliphatic heterocycles. The van der Waals surface area contributed by atoms with Gasteiger partial charge in [0.1, 0.15) is 26.4 Å². The molecule has 3 N–H and O–H groups in total. The number of hydrogen-bond acceptors (Lipinski definition) is 12. The van der Waals surface area contributed by atoms with Crippen LogP contribution in [-0.4, -0.2) is 96.4 Å². The first kappa shape index (κ1) is 51.7. The molecule has 0 bridgehead atoms. The molecule has 6 aromatic rings. The Morgan fingerprint density at radius 1 is 0.676 bits per heavy atom. The van der Waals surface area contributed by atoms with Gasteiger partial charge in [0.05, 0.1) is 55.4 Å². The van der Waals surface area contributed by atoms with Crippen LogP contribution >= 0.6 is 0 Å². The van der Waals surface area contributed by atoms with Crippen molar-refractivity contribution < 1.29 is 57.8 Å². The molecule has 16 nitrogen and oxygen atoms in total. The Morgan fingerprint density at radius 3 is 1.81 bits per heavy atom. The van der Waals surface area contributed by atoms with Crippen molar-refractivity contribution in [3.63, 3.8) is 0 Å². The minimum atomic E-state index is -1.36. The molecule has 3 aliphatic rings. The fraction of sp³-hybridized carbons (Fsp3) is 0.241. The van der Waals surface area contributed by atoms with Gasteiger partial charge in [-0.05, 0) is 58.4 Å². The van der Waals surface area contributed by atoms with E-state index in [-0.39, 0.29) is 67.4 Å². The lowest BCUT2D eigenvalue weighted by molar-refractivity contribution is 0.0299. The number of nitrogens with zero attached hydrogens (tertiary/aromatic N) is 3. The Bertz CT molecular complexity index is 2980. The highest BCUT2D eigenvalue weighted by atomic mass is 16.6. The van der Waals surface area contributed by atoms with E-state index in [1.54, 1.807) is 34.1 Å². The zero-order valence-corrected chi connectivity index (χ0v) is 41.2. The number of methoxy groups -OCH3 is 2. The Balaban J connectivity index is 0.000000197. The Kier molecular flexibility index (Phi) is 16.9. The Labute approximate surface area is 429 Å². The summed E-state index contributed by atoms with van der Waals surface area (Å²) in [6.07, 6.45) is 0.919. The van der Waals surface area contributed by atoms with Crippen molar-refractivity contribution >= 4 is 35.4 Å². The fourth-order valence-electron chi connectivity index (χ4n) is 9.11. The van der Waals surface area contributed by atoms with E-state index in [0.29, 0.717) is 48.9 Å². The molecule has 1 unspecified atom stereocenters. The van der Waals surface area contributed by atoms with Crippen molar-refractivity contribution in [2.75, 3.05) is 44.3 Å². The second-order valence-corrected chi connectivity index (χ2v) is 17.5.